The number of carbonyl (C=O) groups is 1. The SMILES string of the molecule is C=CCn1c(SCC(=O)Nc2cc(C)nn2C)nnc1-c1ccoc1C. The third-order valence-corrected chi connectivity index (χ3v) is 4.70. The number of amides is 1. The molecule has 0 radical (unpaired) electrons. The third kappa shape index (κ3) is 3.72. The molecule has 3 rings (SSSR count). The van der Waals surface area contributed by atoms with Crippen molar-refractivity contribution in [3.63, 3.8) is 0 Å². The molecule has 26 heavy (non-hydrogen) atoms. The van der Waals surface area contributed by atoms with Gasteiger partial charge in [0.1, 0.15) is 11.6 Å². The molecule has 0 aliphatic rings. The van der Waals surface area contributed by atoms with Crippen LogP contribution in [0.25, 0.3) is 11.4 Å². The van der Waals surface area contributed by atoms with E-state index in [2.05, 4.69) is 27.2 Å². The number of allylic oxidation sites excluding steroid dienone is 1. The number of carbonyl (C=O) groups excluding carboxylic acids is 1. The first kappa shape index (κ1) is 18.0. The molecule has 0 fully saturated rings. The van der Waals surface area contributed by atoms with Crippen molar-refractivity contribution in [1.29, 1.82) is 0 Å². The average molecular weight is 372 g/mol. The summed E-state index contributed by atoms with van der Waals surface area (Å²) >= 11 is 1.32. The molecule has 0 spiro atoms. The number of rotatable bonds is 7. The van der Waals surface area contributed by atoms with Crippen LogP contribution < -0.4 is 5.32 Å². The van der Waals surface area contributed by atoms with Crippen LogP contribution in [0.3, 0.4) is 0 Å². The van der Waals surface area contributed by atoms with E-state index in [0.717, 1.165) is 17.0 Å². The summed E-state index contributed by atoms with van der Waals surface area (Å²) in [7, 11) is 1.79. The Bertz CT molecular complexity index is 939. The minimum absolute atomic E-state index is 0.132. The van der Waals surface area contributed by atoms with Crippen LogP contribution in [-0.2, 0) is 18.4 Å². The van der Waals surface area contributed by atoms with Crippen molar-refractivity contribution in [3.05, 3.63) is 42.5 Å². The van der Waals surface area contributed by atoms with Crippen molar-refractivity contribution in [1.82, 2.24) is 24.5 Å². The molecule has 1 N–H and O–H groups in total. The lowest BCUT2D eigenvalue weighted by atomic mass is 10.2. The van der Waals surface area contributed by atoms with Crippen LogP contribution in [0.5, 0.6) is 0 Å². The Hall–Kier alpha value is -2.81. The zero-order valence-corrected chi connectivity index (χ0v) is 15.7. The second-order valence-electron chi connectivity index (χ2n) is 5.73. The maximum Gasteiger partial charge on any atom is 0.235 e. The summed E-state index contributed by atoms with van der Waals surface area (Å²) in [6, 6.07) is 3.67. The van der Waals surface area contributed by atoms with E-state index in [0.29, 0.717) is 23.3 Å². The fourth-order valence-electron chi connectivity index (χ4n) is 2.54. The topological polar surface area (TPSA) is 90.8 Å². The highest BCUT2D eigenvalue weighted by Gasteiger charge is 2.18. The van der Waals surface area contributed by atoms with E-state index in [1.807, 2.05) is 30.5 Å². The van der Waals surface area contributed by atoms with Gasteiger partial charge >= 0.3 is 0 Å². The van der Waals surface area contributed by atoms with Crippen molar-refractivity contribution in [2.75, 3.05) is 11.1 Å². The molecule has 0 saturated carbocycles. The maximum absolute atomic E-state index is 12.2. The van der Waals surface area contributed by atoms with E-state index in [4.69, 9.17) is 4.42 Å². The van der Waals surface area contributed by atoms with E-state index in [-0.39, 0.29) is 11.7 Å². The van der Waals surface area contributed by atoms with Gasteiger partial charge in [-0.25, -0.2) is 0 Å². The Kier molecular flexibility index (Phi) is 5.27. The molecule has 0 saturated heterocycles. The molecule has 0 aliphatic carbocycles. The summed E-state index contributed by atoms with van der Waals surface area (Å²) in [5.74, 6) is 2.21. The van der Waals surface area contributed by atoms with Gasteiger partial charge in [-0.1, -0.05) is 17.8 Å². The Morgan fingerprint density at radius 2 is 2.23 bits per heavy atom. The smallest absolute Gasteiger partial charge is 0.235 e. The molecule has 0 aromatic carbocycles. The zero-order valence-electron chi connectivity index (χ0n) is 14.9. The van der Waals surface area contributed by atoms with E-state index in [1.165, 1.54) is 11.8 Å². The largest absolute Gasteiger partial charge is 0.469 e. The van der Waals surface area contributed by atoms with Crippen molar-refractivity contribution < 1.29 is 9.21 Å². The van der Waals surface area contributed by atoms with Gasteiger partial charge in [0.2, 0.25) is 5.91 Å². The molecule has 3 heterocycles. The predicted molar refractivity (Wildman–Crippen MR) is 100.0 cm³/mol. The number of nitrogens with zero attached hydrogens (tertiary/aromatic N) is 5. The molecular weight excluding hydrogens is 352 g/mol. The van der Waals surface area contributed by atoms with E-state index >= 15 is 0 Å². The van der Waals surface area contributed by atoms with Crippen molar-refractivity contribution >= 4 is 23.5 Å². The van der Waals surface area contributed by atoms with Crippen LogP contribution >= 0.6 is 11.8 Å². The highest BCUT2D eigenvalue weighted by atomic mass is 32.2. The summed E-state index contributed by atoms with van der Waals surface area (Å²) in [5, 5.41) is 16.2. The lowest BCUT2D eigenvalue weighted by Gasteiger charge is -2.07. The van der Waals surface area contributed by atoms with Gasteiger partial charge in [-0.05, 0) is 19.9 Å². The maximum atomic E-state index is 12.2. The summed E-state index contributed by atoms with van der Waals surface area (Å²) in [5.41, 5.74) is 1.72. The molecule has 8 nitrogen and oxygen atoms in total. The fourth-order valence-corrected chi connectivity index (χ4v) is 3.29. The first-order valence-corrected chi connectivity index (χ1v) is 9.00. The monoisotopic (exact) mass is 372 g/mol. The number of aryl methyl sites for hydroxylation is 3. The number of furan rings is 1. The normalized spacial score (nSPS) is 10.9. The highest BCUT2D eigenvalue weighted by Crippen LogP contribution is 2.27. The van der Waals surface area contributed by atoms with Gasteiger partial charge < -0.3 is 9.73 Å². The first-order chi connectivity index (χ1) is 12.5. The molecule has 3 aromatic heterocycles. The molecule has 0 aliphatic heterocycles. The Labute approximate surface area is 155 Å². The summed E-state index contributed by atoms with van der Waals surface area (Å²) in [6.07, 6.45) is 3.39. The molecule has 0 bridgehead atoms. The van der Waals surface area contributed by atoms with E-state index < -0.39 is 0 Å². The molecule has 0 atom stereocenters. The van der Waals surface area contributed by atoms with Crippen LogP contribution in [0.2, 0.25) is 0 Å². The van der Waals surface area contributed by atoms with Crippen LogP contribution in [0.1, 0.15) is 11.5 Å². The van der Waals surface area contributed by atoms with Crippen molar-refractivity contribution in [3.8, 4) is 11.4 Å². The fraction of sp³-hybridized carbons (Fsp3) is 0.294. The number of hydrogen-bond acceptors (Lipinski definition) is 6. The Balaban J connectivity index is 1.72. The third-order valence-electron chi connectivity index (χ3n) is 3.73. The molecule has 9 heteroatoms. The minimum Gasteiger partial charge on any atom is -0.469 e. The Morgan fingerprint density at radius 3 is 2.85 bits per heavy atom. The highest BCUT2D eigenvalue weighted by molar-refractivity contribution is 7.99. The van der Waals surface area contributed by atoms with Gasteiger partial charge in [-0.2, -0.15) is 5.10 Å². The molecular formula is C17H20N6O2S. The molecule has 1 amide bonds. The lowest BCUT2D eigenvalue weighted by molar-refractivity contribution is -0.113. The summed E-state index contributed by atoms with van der Waals surface area (Å²) < 4.78 is 8.90. The lowest BCUT2D eigenvalue weighted by Crippen LogP contribution is -2.16. The average Bonchev–Trinajstić information content (AvgIpc) is 3.26. The first-order valence-electron chi connectivity index (χ1n) is 8.01. The van der Waals surface area contributed by atoms with Crippen LogP contribution in [-0.4, -0.2) is 36.2 Å². The van der Waals surface area contributed by atoms with Gasteiger partial charge in [-0.3, -0.25) is 14.0 Å². The summed E-state index contributed by atoms with van der Waals surface area (Å²) in [4.78, 5) is 12.2. The second-order valence-corrected chi connectivity index (χ2v) is 6.67. The van der Waals surface area contributed by atoms with Gasteiger partial charge in [-0.15, -0.1) is 16.8 Å². The number of aromatic nitrogens is 5. The van der Waals surface area contributed by atoms with Gasteiger partial charge in [0.15, 0.2) is 11.0 Å². The van der Waals surface area contributed by atoms with Gasteiger partial charge in [0, 0.05) is 19.7 Å². The quantitative estimate of drug-likeness (QED) is 0.507. The van der Waals surface area contributed by atoms with Crippen LogP contribution in [0, 0.1) is 13.8 Å². The van der Waals surface area contributed by atoms with Gasteiger partial charge in [0.25, 0.3) is 0 Å². The predicted octanol–water partition coefficient (Wildman–Crippen LogP) is 2.81. The Morgan fingerprint density at radius 1 is 1.42 bits per heavy atom. The standard InChI is InChI=1S/C17H20N6O2S/c1-5-7-23-16(13-6-8-25-12(13)3)19-20-17(23)26-10-15(24)18-14-9-11(2)21-22(14)4/h5-6,8-9H,1,7,10H2,2-4H3,(H,18,24). The number of hydrogen-bond donors (Lipinski definition) is 1. The summed E-state index contributed by atoms with van der Waals surface area (Å²) in [6.45, 7) is 8.08. The van der Waals surface area contributed by atoms with Crippen molar-refractivity contribution in [2.24, 2.45) is 7.05 Å². The van der Waals surface area contributed by atoms with Gasteiger partial charge in [0.05, 0.1) is 23.3 Å². The molecule has 3 aromatic rings. The van der Waals surface area contributed by atoms with Crippen LogP contribution in [0.15, 0.2) is 40.6 Å². The van der Waals surface area contributed by atoms with Crippen LogP contribution in [0.4, 0.5) is 5.82 Å². The van der Waals surface area contributed by atoms with Crippen molar-refractivity contribution in [2.45, 2.75) is 25.5 Å². The van der Waals surface area contributed by atoms with E-state index in [9.17, 15) is 4.79 Å². The number of anilines is 1. The molecule has 136 valence electrons. The minimum atomic E-state index is -0.132. The number of thioether (sulfide) groups is 1. The van der Waals surface area contributed by atoms with E-state index in [1.54, 1.807) is 24.1 Å². The number of nitrogens with one attached hydrogen (secondary N) is 1. The second kappa shape index (κ2) is 7.61. The molecule has 0 unspecified atom stereocenters. The zero-order chi connectivity index (χ0) is 18.7.